The number of benzene rings is 8. The third kappa shape index (κ3) is 7.82. The lowest BCUT2D eigenvalue weighted by molar-refractivity contribution is 0.402. The van der Waals surface area contributed by atoms with Crippen molar-refractivity contribution in [2.75, 3.05) is 15.1 Å². The molecule has 0 atom stereocenters. The van der Waals surface area contributed by atoms with E-state index in [-0.39, 0.29) is 39.2 Å². The highest BCUT2D eigenvalue weighted by molar-refractivity contribution is 7.00. The normalized spacial score (nSPS) is 17.1. The van der Waals surface area contributed by atoms with Crippen molar-refractivity contribution >= 4 is 68.6 Å². The first-order valence-electron chi connectivity index (χ1n) is 27.7. The van der Waals surface area contributed by atoms with Gasteiger partial charge in [-0.2, -0.15) is 0 Å². The van der Waals surface area contributed by atoms with Crippen molar-refractivity contribution in [1.29, 1.82) is 0 Å². The maximum Gasteiger partial charge on any atom is 0.252 e. The molecule has 2 heterocycles. The molecule has 12 rings (SSSR count). The molecule has 0 saturated carbocycles. The standard InChI is InChI=1S/C71H76BN3/c1-44-35-52-55(71(14,15)42-68(52,8)9)40-60(44)75-61-37-49(74(47-27-21-17-22-28-47)48-29-23-18-24-30-48)32-34-57(61)72-58-38-53-54(70(12,13)43-69(53,10)11)39-59(58)73-65-63(56(67(5,6)7)41-62(75)64(65)72)50-33-31-46(66(2,3)4)36-51(50)45-25-19-16-20-26-45/h16-41,73H,42-43H2,1-15H3. The van der Waals surface area contributed by atoms with Gasteiger partial charge in [0.1, 0.15) is 0 Å². The van der Waals surface area contributed by atoms with Crippen LogP contribution in [-0.2, 0) is 32.5 Å². The first kappa shape index (κ1) is 49.1. The van der Waals surface area contributed by atoms with Crippen LogP contribution in [-0.4, -0.2) is 6.71 Å². The van der Waals surface area contributed by atoms with E-state index in [9.17, 15) is 0 Å². The van der Waals surface area contributed by atoms with Crippen LogP contribution in [0.25, 0.3) is 22.3 Å². The number of aryl methyl sites for hydroxylation is 1. The Hall–Kier alpha value is -6.78. The van der Waals surface area contributed by atoms with E-state index in [1.54, 1.807) is 0 Å². The second-order valence-electron chi connectivity index (χ2n) is 27.4. The Labute approximate surface area is 449 Å². The lowest BCUT2D eigenvalue weighted by atomic mass is 9.33. The van der Waals surface area contributed by atoms with E-state index in [1.807, 2.05) is 0 Å². The highest BCUT2D eigenvalue weighted by atomic mass is 15.2. The van der Waals surface area contributed by atoms with Crippen molar-refractivity contribution in [2.45, 2.75) is 149 Å². The first-order valence-corrected chi connectivity index (χ1v) is 27.7. The Bertz CT molecular complexity index is 3560. The van der Waals surface area contributed by atoms with E-state index in [4.69, 9.17) is 0 Å². The molecule has 75 heavy (non-hydrogen) atoms. The number of hydrogen-bond acceptors (Lipinski definition) is 3. The van der Waals surface area contributed by atoms with Crippen LogP contribution in [0.15, 0.2) is 158 Å². The summed E-state index contributed by atoms with van der Waals surface area (Å²) in [4.78, 5) is 5.14. The third-order valence-corrected chi connectivity index (χ3v) is 17.8. The molecule has 0 spiro atoms. The van der Waals surface area contributed by atoms with Crippen LogP contribution in [0, 0.1) is 6.92 Å². The van der Waals surface area contributed by atoms with Crippen LogP contribution in [0.1, 0.15) is 149 Å². The molecule has 0 saturated heterocycles. The molecule has 0 radical (unpaired) electrons. The minimum atomic E-state index is -0.247. The number of para-hydroxylation sites is 2. The molecule has 8 aromatic rings. The molecule has 8 aromatic carbocycles. The molecule has 4 heteroatoms. The minimum Gasteiger partial charge on any atom is -0.356 e. The van der Waals surface area contributed by atoms with Gasteiger partial charge in [-0.25, -0.2) is 0 Å². The van der Waals surface area contributed by atoms with Gasteiger partial charge in [0.05, 0.1) is 0 Å². The minimum absolute atomic E-state index is 0.00999. The topological polar surface area (TPSA) is 18.5 Å². The van der Waals surface area contributed by atoms with Crippen molar-refractivity contribution in [3.05, 3.63) is 197 Å². The van der Waals surface area contributed by atoms with Gasteiger partial charge in [-0.3, -0.25) is 0 Å². The summed E-state index contributed by atoms with van der Waals surface area (Å²) >= 11 is 0. The van der Waals surface area contributed by atoms with Crippen molar-refractivity contribution in [3.8, 4) is 22.3 Å². The number of nitrogens with one attached hydrogen (secondary N) is 1. The molecule has 3 nitrogen and oxygen atoms in total. The van der Waals surface area contributed by atoms with Gasteiger partial charge in [0.2, 0.25) is 0 Å². The monoisotopic (exact) mass is 982 g/mol. The molecular weight excluding hydrogens is 906 g/mol. The van der Waals surface area contributed by atoms with E-state index in [2.05, 4.69) is 277 Å². The largest absolute Gasteiger partial charge is 0.356 e. The Balaban J connectivity index is 1.24. The number of rotatable bonds is 6. The van der Waals surface area contributed by atoms with E-state index in [0.29, 0.717) is 0 Å². The zero-order valence-electron chi connectivity index (χ0n) is 47.4. The summed E-state index contributed by atoms with van der Waals surface area (Å²) in [7, 11) is 0. The number of anilines is 8. The molecule has 2 aliphatic carbocycles. The van der Waals surface area contributed by atoms with Crippen LogP contribution < -0.4 is 31.5 Å². The summed E-state index contributed by atoms with van der Waals surface area (Å²) < 4.78 is 0. The third-order valence-electron chi connectivity index (χ3n) is 17.8. The predicted molar refractivity (Wildman–Crippen MR) is 325 cm³/mol. The molecular formula is C71H76BN3. The van der Waals surface area contributed by atoms with Gasteiger partial charge in [-0.05, 0) is 185 Å². The summed E-state index contributed by atoms with van der Waals surface area (Å²) in [5.74, 6) is 0. The fourth-order valence-corrected chi connectivity index (χ4v) is 14.7. The summed E-state index contributed by atoms with van der Waals surface area (Å²) in [5.41, 5.74) is 28.4. The van der Waals surface area contributed by atoms with Gasteiger partial charge < -0.3 is 15.1 Å². The molecule has 0 bridgehead atoms. The maximum absolute atomic E-state index is 4.40. The van der Waals surface area contributed by atoms with Crippen molar-refractivity contribution in [2.24, 2.45) is 0 Å². The molecule has 0 aromatic heterocycles. The second-order valence-corrected chi connectivity index (χ2v) is 27.4. The van der Waals surface area contributed by atoms with Gasteiger partial charge in [0, 0.05) is 51.1 Å². The average molecular weight is 982 g/mol. The zero-order valence-corrected chi connectivity index (χ0v) is 47.4. The Morgan fingerprint density at radius 1 is 0.480 bits per heavy atom. The fourth-order valence-electron chi connectivity index (χ4n) is 14.7. The van der Waals surface area contributed by atoms with Gasteiger partial charge in [0.25, 0.3) is 6.71 Å². The highest BCUT2D eigenvalue weighted by Gasteiger charge is 2.49. The van der Waals surface area contributed by atoms with Gasteiger partial charge in [-0.1, -0.05) is 194 Å². The lowest BCUT2D eigenvalue weighted by Crippen LogP contribution is -2.60. The second kappa shape index (κ2) is 16.6. The number of nitrogens with zero attached hydrogens (tertiary/aromatic N) is 2. The molecule has 2 aliphatic heterocycles. The first-order chi connectivity index (χ1) is 35.3. The van der Waals surface area contributed by atoms with Crippen molar-refractivity contribution < 1.29 is 0 Å². The highest BCUT2D eigenvalue weighted by Crippen LogP contribution is 2.56. The molecule has 1 N–H and O–H groups in total. The SMILES string of the molecule is Cc1cc2c(cc1N1c3cc(N(c4ccccc4)c4ccccc4)ccc3B3c4cc5c(cc4Nc4c3c1cc(C(C)(C)C)c4-c1ccc(C(C)(C)C)cc1-c1ccccc1)C(C)(C)CC5(C)C)C(C)(C)CC2(C)C. The molecule has 378 valence electrons. The van der Waals surface area contributed by atoms with E-state index >= 15 is 0 Å². The van der Waals surface area contributed by atoms with Crippen LogP contribution in [0.3, 0.4) is 0 Å². The smallest absolute Gasteiger partial charge is 0.252 e. The predicted octanol–water partition coefficient (Wildman–Crippen LogP) is 17.7. The van der Waals surface area contributed by atoms with Gasteiger partial charge in [-0.15, -0.1) is 0 Å². The molecule has 0 fully saturated rings. The number of fused-ring (bicyclic) bond motifs is 6. The van der Waals surface area contributed by atoms with Crippen molar-refractivity contribution in [1.82, 2.24) is 0 Å². The van der Waals surface area contributed by atoms with E-state index < -0.39 is 0 Å². The van der Waals surface area contributed by atoms with E-state index in [1.165, 1.54) is 106 Å². The fraction of sp³-hybridized carbons (Fsp3) is 0.324. The summed E-state index contributed by atoms with van der Waals surface area (Å²) in [6.07, 6.45) is 2.21. The van der Waals surface area contributed by atoms with Gasteiger partial charge >= 0.3 is 0 Å². The zero-order chi connectivity index (χ0) is 52.9. The Morgan fingerprint density at radius 3 is 1.60 bits per heavy atom. The molecule has 0 amide bonds. The summed E-state index contributed by atoms with van der Waals surface area (Å²) in [5, 5.41) is 4.40. The molecule has 4 aliphatic rings. The van der Waals surface area contributed by atoms with Crippen LogP contribution in [0.5, 0.6) is 0 Å². The Kier molecular flexibility index (Phi) is 10.9. The van der Waals surface area contributed by atoms with Crippen LogP contribution in [0.4, 0.5) is 45.5 Å². The Morgan fingerprint density at radius 2 is 1.03 bits per heavy atom. The van der Waals surface area contributed by atoms with E-state index in [0.717, 1.165) is 29.9 Å². The average Bonchev–Trinajstić information content (AvgIpc) is 3.66. The number of hydrogen-bond donors (Lipinski definition) is 1. The maximum atomic E-state index is 4.40. The van der Waals surface area contributed by atoms with Gasteiger partial charge in [0.15, 0.2) is 0 Å². The van der Waals surface area contributed by atoms with Crippen molar-refractivity contribution in [3.63, 3.8) is 0 Å². The summed E-state index contributed by atoms with van der Waals surface area (Å²) in [6, 6.07) is 60.7. The lowest BCUT2D eigenvalue weighted by Gasteiger charge is -2.44. The van der Waals surface area contributed by atoms with Crippen LogP contribution in [0.2, 0.25) is 0 Å². The molecule has 0 unspecified atom stereocenters. The quantitative estimate of drug-likeness (QED) is 0.168. The summed E-state index contributed by atoms with van der Waals surface area (Å²) in [6.45, 7) is 36.2. The van der Waals surface area contributed by atoms with Crippen LogP contribution >= 0.6 is 0 Å².